The number of carbonyl (C=O) groups is 1. The normalized spacial score (nSPS) is 16.6. The highest BCUT2D eigenvalue weighted by atomic mass is 32.2. The van der Waals surface area contributed by atoms with E-state index in [2.05, 4.69) is 5.32 Å². The lowest BCUT2D eigenvalue weighted by molar-refractivity contribution is -0.130. The molecular formula is C14H20FN3O3S. The van der Waals surface area contributed by atoms with Gasteiger partial charge in [-0.2, -0.15) is 4.31 Å². The zero-order chi connectivity index (χ0) is 16.3. The number of rotatable bonds is 4. The van der Waals surface area contributed by atoms with Crippen molar-refractivity contribution in [2.45, 2.75) is 6.92 Å². The molecule has 0 radical (unpaired) electrons. The summed E-state index contributed by atoms with van der Waals surface area (Å²) in [4.78, 5) is 13.8. The molecule has 2 rings (SSSR count). The van der Waals surface area contributed by atoms with Gasteiger partial charge in [0.25, 0.3) is 0 Å². The summed E-state index contributed by atoms with van der Waals surface area (Å²) in [7, 11) is -3.20. The van der Waals surface area contributed by atoms with E-state index < -0.39 is 10.0 Å². The number of piperazine rings is 1. The lowest BCUT2D eigenvalue weighted by atomic mass is 10.2. The Morgan fingerprint density at radius 1 is 1.27 bits per heavy atom. The molecule has 1 aliphatic heterocycles. The minimum Gasteiger partial charge on any atom is -0.376 e. The standard InChI is InChI=1S/C14H20FN3O3S/c1-11-9-12(15)3-4-13(11)16-10-14(19)17-5-7-18(8-6-17)22(2,20)21/h3-4,9,16H,5-8,10H2,1-2H3. The number of benzene rings is 1. The van der Waals surface area contributed by atoms with E-state index in [1.165, 1.54) is 22.7 Å². The van der Waals surface area contributed by atoms with Crippen molar-refractivity contribution in [2.24, 2.45) is 0 Å². The molecule has 0 saturated carbocycles. The van der Waals surface area contributed by atoms with E-state index in [1.54, 1.807) is 17.9 Å². The average Bonchev–Trinajstić information content (AvgIpc) is 2.45. The number of nitrogens with zero attached hydrogens (tertiary/aromatic N) is 2. The molecule has 8 heteroatoms. The van der Waals surface area contributed by atoms with Gasteiger partial charge in [0.2, 0.25) is 15.9 Å². The molecule has 22 heavy (non-hydrogen) atoms. The number of halogens is 1. The molecular weight excluding hydrogens is 309 g/mol. The van der Waals surface area contributed by atoms with Gasteiger partial charge >= 0.3 is 0 Å². The molecule has 1 saturated heterocycles. The minimum absolute atomic E-state index is 0.100. The van der Waals surface area contributed by atoms with Crippen LogP contribution < -0.4 is 5.32 Å². The van der Waals surface area contributed by atoms with Crippen molar-refractivity contribution in [2.75, 3.05) is 44.3 Å². The van der Waals surface area contributed by atoms with Crippen LogP contribution in [0.1, 0.15) is 5.56 Å². The molecule has 1 N–H and O–H groups in total. The molecule has 0 bridgehead atoms. The van der Waals surface area contributed by atoms with Gasteiger partial charge in [-0.1, -0.05) is 0 Å². The molecule has 122 valence electrons. The van der Waals surface area contributed by atoms with Gasteiger partial charge < -0.3 is 10.2 Å². The third-order valence-corrected chi connectivity index (χ3v) is 4.98. The maximum Gasteiger partial charge on any atom is 0.241 e. The highest BCUT2D eigenvalue weighted by Gasteiger charge is 2.25. The molecule has 6 nitrogen and oxygen atoms in total. The monoisotopic (exact) mass is 329 g/mol. The summed E-state index contributed by atoms with van der Waals surface area (Å²) in [5, 5.41) is 2.99. The van der Waals surface area contributed by atoms with Crippen molar-refractivity contribution in [1.29, 1.82) is 0 Å². The zero-order valence-electron chi connectivity index (χ0n) is 12.7. The molecule has 0 unspecified atom stereocenters. The summed E-state index contributed by atoms with van der Waals surface area (Å²) in [6.45, 7) is 3.28. The van der Waals surface area contributed by atoms with E-state index >= 15 is 0 Å². The number of nitrogens with one attached hydrogen (secondary N) is 1. The molecule has 1 aromatic carbocycles. The topological polar surface area (TPSA) is 69.7 Å². The van der Waals surface area contributed by atoms with E-state index in [0.29, 0.717) is 31.9 Å². The lowest BCUT2D eigenvalue weighted by Gasteiger charge is -2.33. The van der Waals surface area contributed by atoms with Crippen LogP contribution in [-0.4, -0.2) is 62.5 Å². The summed E-state index contributed by atoms with van der Waals surface area (Å²) in [6.07, 6.45) is 1.17. The number of sulfonamides is 1. The summed E-state index contributed by atoms with van der Waals surface area (Å²) in [5.74, 6) is -0.414. The van der Waals surface area contributed by atoms with Crippen LogP contribution in [-0.2, 0) is 14.8 Å². The molecule has 1 amide bonds. The second kappa shape index (κ2) is 6.62. The largest absolute Gasteiger partial charge is 0.376 e. The summed E-state index contributed by atoms with van der Waals surface area (Å²) < 4.78 is 37.2. The van der Waals surface area contributed by atoms with Crippen LogP contribution >= 0.6 is 0 Å². The van der Waals surface area contributed by atoms with Crippen molar-refractivity contribution in [3.05, 3.63) is 29.6 Å². The Bertz CT molecular complexity index is 655. The number of hydrogen-bond acceptors (Lipinski definition) is 4. The van der Waals surface area contributed by atoms with Crippen LogP contribution in [0.4, 0.5) is 10.1 Å². The molecule has 1 heterocycles. The summed E-state index contributed by atoms with van der Waals surface area (Å²) in [6, 6.07) is 4.34. The average molecular weight is 329 g/mol. The van der Waals surface area contributed by atoms with Crippen LogP contribution in [0.5, 0.6) is 0 Å². The Hall–Kier alpha value is -1.67. The van der Waals surface area contributed by atoms with Crippen molar-refractivity contribution in [3.8, 4) is 0 Å². The second-order valence-electron chi connectivity index (χ2n) is 5.36. The van der Waals surface area contributed by atoms with Gasteiger partial charge in [0.1, 0.15) is 5.82 Å². The van der Waals surface area contributed by atoms with Crippen LogP contribution in [0.15, 0.2) is 18.2 Å². The summed E-state index contributed by atoms with van der Waals surface area (Å²) >= 11 is 0. The second-order valence-corrected chi connectivity index (χ2v) is 7.34. The van der Waals surface area contributed by atoms with Gasteiger partial charge in [-0.3, -0.25) is 4.79 Å². The van der Waals surface area contributed by atoms with Gasteiger partial charge in [0, 0.05) is 31.9 Å². The Balaban J connectivity index is 1.86. The van der Waals surface area contributed by atoms with Gasteiger partial charge in [-0.25, -0.2) is 12.8 Å². The first kappa shape index (κ1) is 16.7. The molecule has 1 aromatic rings. The van der Waals surface area contributed by atoms with Crippen LogP contribution in [0, 0.1) is 12.7 Å². The van der Waals surface area contributed by atoms with Gasteiger partial charge in [0.15, 0.2) is 0 Å². The van der Waals surface area contributed by atoms with Crippen molar-refractivity contribution >= 4 is 21.6 Å². The molecule has 0 atom stereocenters. The number of anilines is 1. The maximum absolute atomic E-state index is 13.0. The quantitative estimate of drug-likeness (QED) is 0.881. The molecule has 1 aliphatic rings. The Morgan fingerprint density at radius 3 is 2.45 bits per heavy atom. The first-order valence-electron chi connectivity index (χ1n) is 7.00. The molecule has 0 aromatic heterocycles. The van der Waals surface area contributed by atoms with Crippen LogP contribution in [0.2, 0.25) is 0 Å². The predicted octanol–water partition coefficient (Wildman–Crippen LogP) is 0.650. The smallest absolute Gasteiger partial charge is 0.241 e. The number of amides is 1. The van der Waals surface area contributed by atoms with E-state index in [4.69, 9.17) is 0 Å². The predicted molar refractivity (Wildman–Crippen MR) is 82.6 cm³/mol. The highest BCUT2D eigenvalue weighted by molar-refractivity contribution is 7.88. The first-order chi connectivity index (χ1) is 10.3. The van der Waals surface area contributed by atoms with Crippen LogP contribution in [0.25, 0.3) is 0 Å². The van der Waals surface area contributed by atoms with E-state index in [1.807, 2.05) is 0 Å². The minimum atomic E-state index is -3.20. The van der Waals surface area contributed by atoms with E-state index in [9.17, 15) is 17.6 Å². The first-order valence-corrected chi connectivity index (χ1v) is 8.85. The fraction of sp³-hybridized carbons (Fsp3) is 0.500. The fourth-order valence-corrected chi connectivity index (χ4v) is 3.20. The molecule has 0 spiro atoms. The Morgan fingerprint density at radius 2 is 1.91 bits per heavy atom. The van der Waals surface area contributed by atoms with Gasteiger partial charge in [-0.15, -0.1) is 0 Å². The number of hydrogen-bond donors (Lipinski definition) is 1. The molecule has 1 fully saturated rings. The van der Waals surface area contributed by atoms with Crippen LogP contribution in [0.3, 0.4) is 0 Å². The third kappa shape index (κ3) is 4.17. The van der Waals surface area contributed by atoms with Gasteiger partial charge in [-0.05, 0) is 30.7 Å². The Labute approximate surface area is 130 Å². The van der Waals surface area contributed by atoms with Crippen molar-refractivity contribution in [3.63, 3.8) is 0 Å². The van der Waals surface area contributed by atoms with Gasteiger partial charge in [0.05, 0.1) is 12.8 Å². The fourth-order valence-electron chi connectivity index (χ4n) is 2.38. The van der Waals surface area contributed by atoms with Crippen molar-refractivity contribution in [1.82, 2.24) is 9.21 Å². The summed E-state index contributed by atoms with van der Waals surface area (Å²) in [5.41, 5.74) is 1.44. The Kier molecular flexibility index (Phi) is 5.02. The number of carbonyl (C=O) groups excluding carboxylic acids is 1. The number of aryl methyl sites for hydroxylation is 1. The maximum atomic E-state index is 13.0. The molecule has 0 aliphatic carbocycles. The lowest BCUT2D eigenvalue weighted by Crippen LogP contribution is -2.51. The van der Waals surface area contributed by atoms with E-state index in [-0.39, 0.29) is 18.3 Å². The van der Waals surface area contributed by atoms with Crippen molar-refractivity contribution < 1.29 is 17.6 Å². The highest BCUT2D eigenvalue weighted by Crippen LogP contribution is 2.15. The van der Waals surface area contributed by atoms with E-state index in [0.717, 1.165) is 5.56 Å². The zero-order valence-corrected chi connectivity index (χ0v) is 13.5. The third-order valence-electron chi connectivity index (χ3n) is 3.68. The SMILES string of the molecule is Cc1cc(F)ccc1NCC(=O)N1CCN(S(C)(=O)=O)CC1.